The van der Waals surface area contributed by atoms with E-state index in [0.29, 0.717) is 60.6 Å². The minimum Gasteiger partial charge on any atom is -0.488 e. The van der Waals surface area contributed by atoms with Gasteiger partial charge in [-0.05, 0) is 48.2 Å². The van der Waals surface area contributed by atoms with Gasteiger partial charge in [0.15, 0.2) is 5.65 Å². The number of fused-ring (bicyclic) bond motifs is 7. The number of benzene rings is 3. The molecule has 2 aliphatic heterocycles. The number of nitrogens with one attached hydrogen (secondary N) is 1. The molecule has 2 unspecified atom stereocenters. The van der Waals surface area contributed by atoms with Crippen LogP contribution in [0.15, 0.2) is 78.2 Å². The molecule has 3 aromatic carbocycles. The van der Waals surface area contributed by atoms with Gasteiger partial charge in [-0.15, -0.1) is 0 Å². The second kappa shape index (κ2) is 12.2. The minimum atomic E-state index is -0.665. The van der Waals surface area contributed by atoms with Crippen LogP contribution in [0.4, 0.5) is 20.3 Å². The number of nitrogens with two attached hydrogens (primary N) is 1. The van der Waals surface area contributed by atoms with E-state index >= 15 is 0 Å². The van der Waals surface area contributed by atoms with Crippen LogP contribution < -0.4 is 20.7 Å². The largest absolute Gasteiger partial charge is 0.488 e. The second-order valence-corrected chi connectivity index (χ2v) is 11.5. The van der Waals surface area contributed by atoms with Gasteiger partial charge in [-0.25, -0.2) is 23.4 Å². The molecule has 7 rings (SSSR count). The number of rotatable bonds is 3. The fraction of sp³-hybridized carbons (Fsp3) is 0.265. The van der Waals surface area contributed by atoms with E-state index in [-0.39, 0.29) is 24.1 Å². The number of nitrogens with zero attached hydrogens (tertiary/aromatic N) is 6. The Morgan fingerprint density at radius 2 is 1.98 bits per heavy atom. The fourth-order valence-electron chi connectivity index (χ4n) is 6.40. The SMILES string of the molecule is CN=C1CCCNC(=O)C2CC(CN2c2ncnc3c2cnn3Cc2ccc(F)cc2F)Oc2cccc(c2)-c2cccc(N)c21. The molecule has 0 radical (unpaired) electrons. The number of amides is 1. The van der Waals surface area contributed by atoms with E-state index < -0.39 is 17.7 Å². The average Bonchev–Trinajstić information content (AvgIpc) is 3.66. The highest BCUT2D eigenvalue weighted by atomic mass is 19.1. The van der Waals surface area contributed by atoms with Gasteiger partial charge in [0.05, 0.1) is 24.7 Å². The number of carbonyl (C=O) groups excluding carboxylic acids is 1. The van der Waals surface area contributed by atoms with Gasteiger partial charge in [0.2, 0.25) is 5.91 Å². The Balaban J connectivity index is 1.23. The van der Waals surface area contributed by atoms with E-state index in [0.717, 1.165) is 28.5 Å². The maximum absolute atomic E-state index is 14.4. The van der Waals surface area contributed by atoms with Crippen molar-refractivity contribution in [3.8, 4) is 16.9 Å². The van der Waals surface area contributed by atoms with Crippen molar-refractivity contribution in [2.24, 2.45) is 4.99 Å². The molecule has 1 amide bonds. The zero-order valence-electron chi connectivity index (χ0n) is 25.2. The summed E-state index contributed by atoms with van der Waals surface area (Å²) in [4.78, 5) is 29.2. The normalized spacial score (nSPS) is 19.3. The van der Waals surface area contributed by atoms with Crippen molar-refractivity contribution < 1.29 is 18.3 Å². The highest BCUT2D eigenvalue weighted by Gasteiger charge is 2.40. The molecular weight excluding hydrogens is 590 g/mol. The third-order valence-electron chi connectivity index (χ3n) is 8.58. The first-order valence-electron chi connectivity index (χ1n) is 15.2. The summed E-state index contributed by atoms with van der Waals surface area (Å²) in [7, 11) is 1.76. The molecule has 5 aromatic rings. The first-order chi connectivity index (χ1) is 22.4. The maximum Gasteiger partial charge on any atom is 0.242 e. The fourth-order valence-corrected chi connectivity index (χ4v) is 6.40. The lowest BCUT2D eigenvalue weighted by Crippen LogP contribution is -2.44. The van der Waals surface area contributed by atoms with Gasteiger partial charge in [-0.3, -0.25) is 9.79 Å². The molecule has 3 N–H and O–H groups in total. The highest BCUT2D eigenvalue weighted by Crippen LogP contribution is 2.35. The molecule has 46 heavy (non-hydrogen) atoms. The van der Waals surface area contributed by atoms with E-state index in [1.54, 1.807) is 13.2 Å². The monoisotopic (exact) mass is 622 g/mol. The molecule has 0 spiro atoms. The van der Waals surface area contributed by atoms with Gasteiger partial charge < -0.3 is 20.7 Å². The molecule has 12 heteroatoms. The van der Waals surface area contributed by atoms with E-state index in [9.17, 15) is 13.6 Å². The van der Waals surface area contributed by atoms with Crippen LogP contribution in [-0.2, 0) is 11.3 Å². The highest BCUT2D eigenvalue weighted by molar-refractivity contribution is 6.10. The smallest absolute Gasteiger partial charge is 0.242 e. The summed E-state index contributed by atoms with van der Waals surface area (Å²) in [6.45, 7) is 0.891. The topological polar surface area (TPSA) is 124 Å². The van der Waals surface area contributed by atoms with Gasteiger partial charge in [-0.2, -0.15) is 5.10 Å². The predicted molar refractivity (Wildman–Crippen MR) is 172 cm³/mol. The number of hydrogen-bond donors (Lipinski definition) is 2. The molecule has 0 saturated carbocycles. The number of aromatic nitrogens is 4. The lowest BCUT2D eigenvalue weighted by Gasteiger charge is -2.25. The van der Waals surface area contributed by atoms with E-state index in [4.69, 9.17) is 10.5 Å². The number of hydrogen-bond acceptors (Lipinski definition) is 8. The zero-order valence-corrected chi connectivity index (χ0v) is 25.2. The molecule has 4 bridgehead atoms. The molecule has 10 nitrogen and oxygen atoms in total. The van der Waals surface area contributed by atoms with Gasteiger partial charge in [-0.1, -0.05) is 30.3 Å². The summed E-state index contributed by atoms with van der Waals surface area (Å²) in [5, 5.41) is 8.16. The standard InChI is InChI=1S/C34H32F2N8O2/c1-38-29-9-4-12-39-34(45)30-15-24(46-23-6-2-5-20(13-23)25-7-3-8-28(37)31(25)29)18-43(30)32-26-16-42-44(33(26)41-19-40-32)17-21-10-11-22(35)14-27(21)36/h2-3,5-8,10-11,13-14,16,19,24,30H,4,9,12,15,17-18,37H2,1H3,(H,39,45). The van der Waals surface area contributed by atoms with Gasteiger partial charge >= 0.3 is 0 Å². The van der Waals surface area contributed by atoms with Crippen molar-refractivity contribution in [3.63, 3.8) is 0 Å². The number of ether oxygens (including phenoxy) is 1. The second-order valence-electron chi connectivity index (χ2n) is 11.5. The van der Waals surface area contributed by atoms with Crippen LogP contribution in [0.2, 0.25) is 0 Å². The summed E-state index contributed by atoms with van der Waals surface area (Å²) >= 11 is 0. The Labute approximate surface area is 263 Å². The van der Waals surface area contributed by atoms with Crippen molar-refractivity contribution in [2.75, 3.05) is 30.8 Å². The van der Waals surface area contributed by atoms with Crippen LogP contribution in [0.1, 0.15) is 30.4 Å². The third kappa shape index (κ3) is 5.50. The number of halogens is 2. The molecule has 2 aliphatic rings. The molecular formula is C34H32F2N8O2. The summed E-state index contributed by atoms with van der Waals surface area (Å²) in [5.74, 6) is -0.256. The van der Waals surface area contributed by atoms with Crippen molar-refractivity contribution in [2.45, 2.75) is 38.0 Å². The van der Waals surface area contributed by atoms with Crippen molar-refractivity contribution >= 4 is 34.2 Å². The van der Waals surface area contributed by atoms with Crippen LogP contribution in [0.5, 0.6) is 5.75 Å². The molecule has 4 heterocycles. The Morgan fingerprint density at radius 1 is 1.11 bits per heavy atom. The Kier molecular flexibility index (Phi) is 7.77. The molecule has 2 atom stereocenters. The maximum atomic E-state index is 14.4. The van der Waals surface area contributed by atoms with Crippen LogP contribution in [0.25, 0.3) is 22.2 Å². The van der Waals surface area contributed by atoms with E-state index in [2.05, 4.69) is 25.4 Å². The van der Waals surface area contributed by atoms with Crippen LogP contribution in [0, 0.1) is 11.6 Å². The molecule has 2 aromatic heterocycles. The first kappa shape index (κ1) is 29.3. The average molecular weight is 623 g/mol. The summed E-state index contributed by atoms with van der Waals surface area (Å²) in [6.07, 6.45) is 4.43. The van der Waals surface area contributed by atoms with Crippen molar-refractivity contribution in [3.05, 3.63) is 95.9 Å². The summed E-state index contributed by atoms with van der Waals surface area (Å²) < 4.78 is 36.0. The Morgan fingerprint density at radius 3 is 2.83 bits per heavy atom. The lowest BCUT2D eigenvalue weighted by molar-refractivity contribution is -0.122. The van der Waals surface area contributed by atoms with Crippen LogP contribution >= 0.6 is 0 Å². The molecule has 1 saturated heterocycles. The number of aliphatic imine (C=N–C) groups is 1. The first-order valence-corrected chi connectivity index (χ1v) is 15.2. The van der Waals surface area contributed by atoms with Crippen molar-refractivity contribution in [1.82, 2.24) is 25.1 Å². The van der Waals surface area contributed by atoms with Crippen LogP contribution in [0.3, 0.4) is 0 Å². The number of anilines is 2. The molecule has 1 fully saturated rings. The lowest BCUT2D eigenvalue weighted by atomic mass is 9.93. The van der Waals surface area contributed by atoms with Crippen LogP contribution in [-0.4, -0.2) is 63.7 Å². The van der Waals surface area contributed by atoms with Gasteiger partial charge in [0.1, 0.15) is 41.7 Å². The Bertz CT molecular complexity index is 1980. The predicted octanol–water partition coefficient (Wildman–Crippen LogP) is 4.76. The van der Waals surface area contributed by atoms with E-state index in [1.807, 2.05) is 47.4 Å². The Hall–Kier alpha value is -5.39. The molecule has 234 valence electrons. The van der Waals surface area contributed by atoms with E-state index in [1.165, 1.54) is 23.1 Å². The summed E-state index contributed by atoms with van der Waals surface area (Å²) in [6, 6.07) is 16.6. The molecule has 0 aliphatic carbocycles. The summed E-state index contributed by atoms with van der Waals surface area (Å²) in [5.41, 5.74) is 11.6. The third-order valence-corrected chi connectivity index (χ3v) is 8.58. The van der Waals surface area contributed by atoms with Gasteiger partial charge in [0, 0.05) is 48.6 Å². The zero-order chi connectivity index (χ0) is 31.8. The van der Waals surface area contributed by atoms with Gasteiger partial charge in [0.25, 0.3) is 0 Å². The number of carbonyl (C=O) groups is 1. The van der Waals surface area contributed by atoms with Crippen molar-refractivity contribution in [1.29, 1.82) is 0 Å². The minimum absolute atomic E-state index is 0.0515. The quantitative estimate of drug-likeness (QED) is 0.278. The number of nitrogen functional groups attached to an aromatic ring is 1.